The van der Waals surface area contributed by atoms with Gasteiger partial charge >= 0.3 is 0 Å². The van der Waals surface area contributed by atoms with Crippen LogP contribution >= 0.6 is 0 Å². The summed E-state index contributed by atoms with van der Waals surface area (Å²) in [5.41, 5.74) is 5.57. The second-order valence-corrected chi connectivity index (χ2v) is 6.24. The molecule has 0 bridgehead atoms. The van der Waals surface area contributed by atoms with E-state index < -0.39 is 0 Å². The average molecular weight is 284 g/mol. The molecule has 0 atom stereocenters. The van der Waals surface area contributed by atoms with Gasteiger partial charge in [0.2, 0.25) is 5.91 Å². The van der Waals surface area contributed by atoms with E-state index in [9.17, 15) is 4.79 Å². The molecule has 20 heavy (non-hydrogen) atoms. The lowest BCUT2D eigenvalue weighted by Gasteiger charge is -2.37. The van der Waals surface area contributed by atoms with E-state index in [2.05, 4.69) is 19.2 Å². The molecule has 0 radical (unpaired) electrons. The van der Waals surface area contributed by atoms with Crippen LogP contribution in [0.4, 0.5) is 0 Å². The molecule has 0 aliphatic heterocycles. The summed E-state index contributed by atoms with van der Waals surface area (Å²) in [6.45, 7) is 7.13. The van der Waals surface area contributed by atoms with Crippen molar-refractivity contribution in [2.75, 3.05) is 26.3 Å². The Morgan fingerprint density at radius 3 is 2.55 bits per heavy atom. The van der Waals surface area contributed by atoms with Gasteiger partial charge in [0.15, 0.2) is 0 Å². The number of nitrogens with two attached hydrogens (primary N) is 1. The maximum Gasteiger partial charge on any atom is 0.227 e. The molecule has 0 aromatic heterocycles. The van der Waals surface area contributed by atoms with Crippen LogP contribution in [-0.2, 0) is 9.53 Å². The first-order valence-electron chi connectivity index (χ1n) is 8.20. The number of hydrogen-bond donors (Lipinski definition) is 2. The van der Waals surface area contributed by atoms with Crippen LogP contribution in [-0.4, -0.2) is 32.2 Å². The number of carbonyl (C=O) groups is 1. The third kappa shape index (κ3) is 5.41. The van der Waals surface area contributed by atoms with Crippen molar-refractivity contribution in [3.8, 4) is 0 Å². The fraction of sp³-hybridized carbons (Fsp3) is 0.938. The van der Waals surface area contributed by atoms with Crippen LogP contribution in [0.2, 0.25) is 0 Å². The molecule has 0 heterocycles. The Bertz CT molecular complexity index is 274. The molecule has 0 spiro atoms. The molecule has 4 nitrogen and oxygen atoms in total. The predicted octanol–water partition coefficient (Wildman–Crippen LogP) is 2.46. The van der Waals surface area contributed by atoms with Crippen molar-refractivity contribution in [3.63, 3.8) is 0 Å². The third-order valence-corrected chi connectivity index (χ3v) is 4.50. The SMILES string of the molecule is CCCCOCCCNC(=O)C1(CN)CCC(C)CC1. The summed E-state index contributed by atoms with van der Waals surface area (Å²) in [6.07, 6.45) is 7.25. The molecule has 0 unspecified atom stereocenters. The van der Waals surface area contributed by atoms with Crippen molar-refractivity contribution >= 4 is 5.91 Å². The number of carbonyl (C=O) groups excluding carboxylic acids is 1. The molecule has 1 amide bonds. The molecule has 1 saturated carbocycles. The van der Waals surface area contributed by atoms with Gasteiger partial charge in [0.25, 0.3) is 0 Å². The molecule has 118 valence electrons. The van der Waals surface area contributed by atoms with Crippen molar-refractivity contribution in [3.05, 3.63) is 0 Å². The Morgan fingerprint density at radius 2 is 1.95 bits per heavy atom. The van der Waals surface area contributed by atoms with Gasteiger partial charge < -0.3 is 15.8 Å². The van der Waals surface area contributed by atoms with Crippen LogP contribution in [0.25, 0.3) is 0 Å². The second-order valence-electron chi connectivity index (χ2n) is 6.24. The molecule has 3 N–H and O–H groups in total. The van der Waals surface area contributed by atoms with E-state index in [0.29, 0.717) is 13.1 Å². The van der Waals surface area contributed by atoms with Gasteiger partial charge in [0, 0.05) is 26.3 Å². The summed E-state index contributed by atoms with van der Waals surface area (Å²) < 4.78 is 5.49. The summed E-state index contributed by atoms with van der Waals surface area (Å²) in [6, 6.07) is 0. The van der Waals surface area contributed by atoms with Crippen LogP contribution in [0.15, 0.2) is 0 Å². The Labute approximate surface area is 123 Å². The Morgan fingerprint density at radius 1 is 1.30 bits per heavy atom. The zero-order valence-electron chi connectivity index (χ0n) is 13.2. The van der Waals surface area contributed by atoms with Gasteiger partial charge in [-0.3, -0.25) is 4.79 Å². The summed E-state index contributed by atoms with van der Waals surface area (Å²) in [7, 11) is 0. The zero-order valence-corrected chi connectivity index (χ0v) is 13.2. The molecule has 0 saturated heterocycles. The van der Waals surface area contributed by atoms with Crippen LogP contribution in [0.5, 0.6) is 0 Å². The first-order valence-corrected chi connectivity index (χ1v) is 8.20. The third-order valence-electron chi connectivity index (χ3n) is 4.50. The molecular formula is C16H32N2O2. The highest BCUT2D eigenvalue weighted by Crippen LogP contribution is 2.38. The number of hydrogen-bond acceptors (Lipinski definition) is 3. The van der Waals surface area contributed by atoms with Gasteiger partial charge in [0.05, 0.1) is 5.41 Å². The molecule has 1 aliphatic carbocycles. The Hall–Kier alpha value is -0.610. The average Bonchev–Trinajstić information content (AvgIpc) is 2.47. The molecule has 1 aliphatic rings. The number of amides is 1. The summed E-state index contributed by atoms with van der Waals surface area (Å²) in [4.78, 5) is 12.4. The lowest BCUT2D eigenvalue weighted by Crippen LogP contribution is -2.48. The maximum absolute atomic E-state index is 12.4. The lowest BCUT2D eigenvalue weighted by atomic mass is 9.70. The van der Waals surface area contributed by atoms with Gasteiger partial charge in [-0.1, -0.05) is 20.3 Å². The first-order chi connectivity index (χ1) is 9.64. The number of rotatable bonds is 9. The standard InChI is InChI=1S/C16H32N2O2/c1-3-4-11-20-12-5-10-18-15(19)16(13-17)8-6-14(2)7-9-16/h14H,3-13,17H2,1-2H3,(H,18,19). The summed E-state index contributed by atoms with van der Waals surface area (Å²) in [5.74, 6) is 0.884. The largest absolute Gasteiger partial charge is 0.381 e. The molecular weight excluding hydrogens is 252 g/mol. The van der Waals surface area contributed by atoms with Gasteiger partial charge in [-0.2, -0.15) is 0 Å². The van der Waals surface area contributed by atoms with E-state index in [-0.39, 0.29) is 11.3 Å². The van der Waals surface area contributed by atoms with Gasteiger partial charge in [0.1, 0.15) is 0 Å². The van der Waals surface area contributed by atoms with E-state index in [1.807, 2.05) is 0 Å². The lowest BCUT2D eigenvalue weighted by molar-refractivity contribution is -0.132. The van der Waals surface area contributed by atoms with Gasteiger partial charge in [-0.15, -0.1) is 0 Å². The number of unbranched alkanes of at least 4 members (excludes halogenated alkanes) is 1. The summed E-state index contributed by atoms with van der Waals surface area (Å²) in [5, 5.41) is 3.05. The quantitative estimate of drug-likeness (QED) is 0.639. The maximum atomic E-state index is 12.4. The van der Waals surface area contributed by atoms with Crippen LogP contribution in [0.1, 0.15) is 58.8 Å². The highest BCUT2D eigenvalue weighted by atomic mass is 16.5. The van der Waals surface area contributed by atoms with E-state index in [1.165, 1.54) is 0 Å². The minimum atomic E-state index is -0.310. The van der Waals surface area contributed by atoms with Crippen LogP contribution in [0.3, 0.4) is 0 Å². The van der Waals surface area contributed by atoms with Gasteiger partial charge in [-0.25, -0.2) is 0 Å². The van der Waals surface area contributed by atoms with Crippen molar-refractivity contribution in [1.82, 2.24) is 5.32 Å². The molecule has 0 aromatic rings. The van der Waals surface area contributed by atoms with E-state index >= 15 is 0 Å². The normalized spacial score (nSPS) is 26.4. The Balaban J connectivity index is 2.20. The monoisotopic (exact) mass is 284 g/mol. The van der Waals surface area contributed by atoms with E-state index in [4.69, 9.17) is 10.5 Å². The second kappa shape index (κ2) is 9.35. The van der Waals surface area contributed by atoms with Crippen LogP contribution in [0, 0.1) is 11.3 Å². The van der Waals surface area contributed by atoms with E-state index in [1.54, 1.807) is 0 Å². The topological polar surface area (TPSA) is 64.3 Å². The fourth-order valence-electron chi connectivity index (χ4n) is 2.75. The number of nitrogens with one attached hydrogen (secondary N) is 1. The highest BCUT2D eigenvalue weighted by molar-refractivity contribution is 5.83. The van der Waals surface area contributed by atoms with Crippen molar-refractivity contribution in [1.29, 1.82) is 0 Å². The minimum Gasteiger partial charge on any atom is -0.381 e. The predicted molar refractivity (Wildman–Crippen MR) is 82.5 cm³/mol. The zero-order chi connectivity index (χ0) is 14.8. The molecule has 0 aromatic carbocycles. The van der Waals surface area contributed by atoms with Crippen LogP contribution < -0.4 is 11.1 Å². The molecule has 4 heteroatoms. The summed E-state index contributed by atoms with van der Waals surface area (Å²) >= 11 is 0. The molecule has 1 fully saturated rings. The highest BCUT2D eigenvalue weighted by Gasteiger charge is 2.39. The van der Waals surface area contributed by atoms with Crippen molar-refractivity contribution in [2.24, 2.45) is 17.1 Å². The minimum absolute atomic E-state index is 0.153. The van der Waals surface area contributed by atoms with Crippen molar-refractivity contribution < 1.29 is 9.53 Å². The van der Waals surface area contributed by atoms with E-state index in [0.717, 1.165) is 64.1 Å². The van der Waals surface area contributed by atoms with Crippen molar-refractivity contribution in [2.45, 2.75) is 58.8 Å². The molecule has 1 rings (SSSR count). The Kier molecular flexibility index (Phi) is 8.15. The number of ether oxygens (including phenoxy) is 1. The fourth-order valence-corrected chi connectivity index (χ4v) is 2.75. The first kappa shape index (κ1) is 17.4. The van der Waals surface area contributed by atoms with Gasteiger partial charge in [-0.05, 0) is 44.4 Å². The smallest absolute Gasteiger partial charge is 0.227 e.